The van der Waals surface area contributed by atoms with Gasteiger partial charge in [0.1, 0.15) is 5.82 Å². The summed E-state index contributed by atoms with van der Waals surface area (Å²) in [4.78, 5) is 15.4. The van der Waals surface area contributed by atoms with E-state index in [1.54, 1.807) is 12.1 Å². The van der Waals surface area contributed by atoms with Crippen molar-refractivity contribution in [3.63, 3.8) is 0 Å². The average Bonchev–Trinajstić information content (AvgIpc) is 2.69. The number of halogens is 2. The summed E-state index contributed by atoms with van der Waals surface area (Å²) < 4.78 is 0. The molecule has 0 aliphatic carbocycles. The molecular weight excluding hydrogens is 397 g/mol. The van der Waals surface area contributed by atoms with E-state index in [-0.39, 0.29) is 18.1 Å². The van der Waals surface area contributed by atoms with Gasteiger partial charge in [-0.25, -0.2) is 0 Å². The van der Waals surface area contributed by atoms with Crippen LogP contribution < -0.4 is 16.1 Å². The first-order valence-electron chi connectivity index (χ1n) is 9.21. The van der Waals surface area contributed by atoms with Gasteiger partial charge in [0.15, 0.2) is 5.43 Å². The number of hydrogen-bond acceptors (Lipinski definition) is 4. The van der Waals surface area contributed by atoms with Crippen molar-refractivity contribution in [3.05, 3.63) is 74.4 Å². The van der Waals surface area contributed by atoms with Gasteiger partial charge in [0.25, 0.3) is 0 Å². The normalized spacial score (nSPS) is 12.2. The molecule has 0 bridgehead atoms. The number of anilines is 1. The second kappa shape index (κ2) is 9.94. The maximum atomic E-state index is 12.2. The number of aliphatic hydroxyl groups excluding tert-OH is 1. The molecule has 0 spiro atoms. The Hall–Kier alpha value is -2.05. The van der Waals surface area contributed by atoms with Gasteiger partial charge in [0.2, 0.25) is 0 Å². The maximum absolute atomic E-state index is 12.2. The molecule has 7 heteroatoms. The minimum atomic E-state index is -0.0125. The lowest BCUT2D eigenvalue weighted by atomic mass is 10.1. The average molecular weight is 420 g/mol. The highest BCUT2D eigenvalue weighted by molar-refractivity contribution is 6.42. The summed E-state index contributed by atoms with van der Waals surface area (Å²) in [7, 11) is 0. The van der Waals surface area contributed by atoms with Crippen LogP contribution >= 0.6 is 23.2 Å². The molecule has 0 saturated carbocycles. The van der Waals surface area contributed by atoms with Crippen LogP contribution in [0.1, 0.15) is 18.4 Å². The maximum Gasteiger partial charge on any atom is 0.191 e. The standard InChI is InChI=1S/C21H23Cl2N3O2/c22-17-6-5-14(11-18(17)23)13-25-15(8-10-27)7-9-24-21-12-20(28)16-3-1-2-4-19(16)26-21/h1-6,11-12,15,25,27H,7-10,13H2,(H2,24,26,28)/t15-/m1/s1. The van der Waals surface area contributed by atoms with Crippen LogP contribution in [-0.4, -0.2) is 29.3 Å². The van der Waals surface area contributed by atoms with E-state index in [2.05, 4.69) is 15.6 Å². The van der Waals surface area contributed by atoms with Gasteiger partial charge < -0.3 is 20.7 Å². The SMILES string of the molecule is O=c1cc(NCC[C@H](CCO)NCc2ccc(Cl)c(Cl)c2)[nH]c2ccccc12. The molecule has 0 radical (unpaired) electrons. The van der Waals surface area contributed by atoms with Crippen LogP contribution in [0.25, 0.3) is 10.9 Å². The van der Waals surface area contributed by atoms with Crippen LogP contribution in [0.3, 0.4) is 0 Å². The Bertz CT molecular complexity index is 991. The van der Waals surface area contributed by atoms with Crippen molar-refractivity contribution in [2.75, 3.05) is 18.5 Å². The van der Waals surface area contributed by atoms with Gasteiger partial charge in [-0.3, -0.25) is 4.79 Å². The van der Waals surface area contributed by atoms with E-state index in [4.69, 9.17) is 23.2 Å². The largest absolute Gasteiger partial charge is 0.396 e. The van der Waals surface area contributed by atoms with Crippen LogP contribution in [-0.2, 0) is 6.54 Å². The number of para-hydroxylation sites is 1. The molecule has 0 aliphatic rings. The Morgan fingerprint density at radius 2 is 1.86 bits per heavy atom. The van der Waals surface area contributed by atoms with Gasteiger partial charge >= 0.3 is 0 Å². The highest BCUT2D eigenvalue weighted by atomic mass is 35.5. The number of aromatic nitrogens is 1. The number of H-pyrrole nitrogens is 1. The number of hydrogen-bond donors (Lipinski definition) is 4. The highest BCUT2D eigenvalue weighted by Crippen LogP contribution is 2.22. The number of rotatable bonds is 9. The molecule has 1 aromatic heterocycles. The van der Waals surface area contributed by atoms with Gasteiger partial charge in [0, 0.05) is 37.2 Å². The lowest BCUT2D eigenvalue weighted by Crippen LogP contribution is -2.31. The first kappa shape index (κ1) is 20.7. The molecule has 3 aromatic rings. The van der Waals surface area contributed by atoms with Gasteiger partial charge in [-0.2, -0.15) is 0 Å². The molecule has 3 rings (SSSR count). The first-order valence-corrected chi connectivity index (χ1v) is 9.96. The third-order valence-corrected chi connectivity index (χ3v) is 5.34. The van der Waals surface area contributed by atoms with E-state index in [0.29, 0.717) is 40.8 Å². The molecule has 2 aromatic carbocycles. The molecular formula is C21H23Cl2N3O2. The molecule has 1 heterocycles. The van der Waals surface area contributed by atoms with Crippen LogP contribution in [0.5, 0.6) is 0 Å². The van der Waals surface area contributed by atoms with E-state index in [1.807, 2.05) is 36.4 Å². The fraction of sp³-hybridized carbons (Fsp3) is 0.286. The fourth-order valence-corrected chi connectivity index (χ4v) is 3.41. The Morgan fingerprint density at radius 1 is 1.04 bits per heavy atom. The second-order valence-corrected chi connectivity index (χ2v) is 7.46. The van der Waals surface area contributed by atoms with Crippen LogP contribution in [0, 0.1) is 0 Å². The highest BCUT2D eigenvalue weighted by Gasteiger charge is 2.09. The van der Waals surface area contributed by atoms with Crippen molar-refractivity contribution < 1.29 is 5.11 Å². The zero-order valence-corrected chi connectivity index (χ0v) is 16.9. The smallest absolute Gasteiger partial charge is 0.191 e. The van der Waals surface area contributed by atoms with Crippen molar-refractivity contribution in [2.45, 2.75) is 25.4 Å². The summed E-state index contributed by atoms with van der Waals surface area (Å²) in [5, 5.41) is 17.8. The van der Waals surface area contributed by atoms with E-state index >= 15 is 0 Å². The number of benzene rings is 2. The van der Waals surface area contributed by atoms with Gasteiger partial charge in [-0.1, -0.05) is 41.4 Å². The molecule has 148 valence electrons. The number of fused-ring (bicyclic) bond motifs is 1. The topological polar surface area (TPSA) is 77.2 Å². The van der Waals surface area contributed by atoms with Gasteiger partial charge in [-0.15, -0.1) is 0 Å². The van der Waals surface area contributed by atoms with E-state index < -0.39 is 0 Å². The summed E-state index contributed by atoms with van der Waals surface area (Å²) in [5.41, 5.74) is 1.83. The molecule has 0 amide bonds. The van der Waals surface area contributed by atoms with Gasteiger partial charge in [0.05, 0.1) is 15.6 Å². The Kier molecular flexibility index (Phi) is 7.34. The molecule has 28 heavy (non-hydrogen) atoms. The van der Waals surface area contributed by atoms with E-state index in [1.165, 1.54) is 0 Å². The molecule has 1 atom stereocenters. The Morgan fingerprint density at radius 3 is 2.64 bits per heavy atom. The van der Waals surface area contributed by atoms with E-state index in [0.717, 1.165) is 17.5 Å². The lowest BCUT2D eigenvalue weighted by molar-refractivity contribution is 0.261. The van der Waals surface area contributed by atoms with Crippen molar-refractivity contribution >= 4 is 39.9 Å². The third kappa shape index (κ3) is 5.49. The molecule has 5 nitrogen and oxygen atoms in total. The third-order valence-electron chi connectivity index (χ3n) is 4.60. The minimum Gasteiger partial charge on any atom is -0.396 e. The summed E-state index contributed by atoms with van der Waals surface area (Å²) in [5.74, 6) is 0.691. The first-order chi connectivity index (χ1) is 13.6. The van der Waals surface area contributed by atoms with Gasteiger partial charge in [-0.05, 0) is 42.7 Å². The fourth-order valence-electron chi connectivity index (χ4n) is 3.09. The summed E-state index contributed by atoms with van der Waals surface area (Å²) >= 11 is 12.0. The van der Waals surface area contributed by atoms with Crippen LogP contribution in [0.4, 0.5) is 5.82 Å². The molecule has 0 aliphatic heterocycles. The zero-order chi connectivity index (χ0) is 19.9. The number of nitrogens with one attached hydrogen (secondary N) is 3. The predicted molar refractivity (Wildman–Crippen MR) is 116 cm³/mol. The summed E-state index contributed by atoms with van der Waals surface area (Å²) in [6, 6.07) is 14.7. The second-order valence-electron chi connectivity index (χ2n) is 6.65. The summed E-state index contributed by atoms with van der Waals surface area (Å²) in [6.45, 7) is 1.40. The number of aromatic amines is 1. The van der Waals surface area contributed by atoms with E-state index in [9.17, 15) is 9.90 Å². The Labute approximate surface area is 173 Å². The number of aliphatic hydroxyl groups is 1. The minimum absolute atomic E-state index is 0.0125. The Balaban J connectivity index is 1.56. The van der Waals surface area contributed by atoms with Crippen molar-refractivity contribution in [2.24, 2.45) is 0 Å². The molecule has 0 unspecified atom stereocenters. The quantitative estimate of drug-likeness (QED) is 0.419. The van der Waals surface area contributed by atoms with Crippen LogP contribution in [0.2, 0.25) is 10.0 Å². The van der Waals surface area contributed by atoms with Crippen LogP contribution in [0.15, 0.2) is 53.3 Å². The zero-order valence-electron chi connectivity index (χ0n) is 15.3. The molecule has 0 saturated heterocycles. The monoisotopic (exact) mass is 419 g/mol. The lowest BCUT2D eigenvalue weighted by Gasteiger charge is -2.19. The van der Waals surface area contributed by atoms with Crippen molar-refractivity contribution in [3.8, 4) is 0 Å². The van der Waals surface area contributed by atoms with Crippen molar-refractivity contribution in [1.29, 1.82) is 0 Å². The molecule has 4 N–H and O–H groups in total. The van der Waals surface area contributed by atoms with Crippen molar-refractivity contribution in [1.82, 2.24) is 10.3 Å². The number of pyridine rings is 1. The molecule has 0 fully saturated rings. The summed E-state index contributed by atoms with van der Waals surface area (Å²) in [6.07, 6.45) is 1.42. The predicted octanol–water partition coefficient (Wildman–Crippen LogP) is 4.18.